The summed E-state index contributed by atoms with van der Waals surface area (Å²) in [4.78, 5) is 20.7. The normalized spacial score (nSPS) is 21.8. The number of nitrogens with zero attached hydrogens (tertiary/aromatic N) is 1. The monoisotopic (exact) mass is 413 g/mol. The molecule has 0 spiro atoms. The first-order valence-corrected chi connectivity index (χ1v) is 12.0. The van der Waals surface area contributed by atoms with Crippen molar-refractivity contribution in [3.63, 3.8) is 0 Å². The Labute approximate surface area is 175 Å². The summed E-state index contributed by atoms with van der Waals surface area (Å²) >= 11 is 3.69. The van der Waals surface area contributed by atoms with E-state index >= 15 is 0 Å². The van der Waals surface area contributed by atoms with Gasteiger partial charge in [-0.05, 0) is 38.3 Å². The van der Waals surface area contributed by atoms with Gasteiger partial charge in [-0.2, -0.15) is 0 Å². The Morgan fingerprint density at radius 1 is 1.29 bits per heavy atom. The standard InChI is InChI=1S/C23H27NO2S2/c1-3-9-17(23(25)26)19-14(2)24-20-16-12-7-8-13-18(16)28-22(20)21(19)27-15-10-5-4-6-11-15/h4-6,10-11,16-18H,3,7-9,12-13H2,1-2H3,(H,25,26). The number of aromatic nitrogens is 1. The number of carboxylic acid groups (broad SMARTS) is 1. The zero-order chi connectivity index (χ0) is 19.7. The molecule has 1 aliphatic heterocycles. The fourth-order valence-electron chi connectivity index (χ4n) is 4.56. The van der Waals surface area contributed by atoms with Gasteiger partial charge in [-0.1, -0.05) is 56.1 Å². The number of carbonyl (C=O) groups is 1. The highest BCUT2D eigenvalue weighted by atomic mass is 32.2. The van der Waals surface area contributed by atoms with Gasteiger partial charge < -0.3 is 5.11 Å². The van der Waals surface area contributed by atoms with Crippen molar-refractivity contribution in [3.8, 4) is 0 Å². The number of hydrogen-bond donors (Lipinski definition) is 1. The predicted octanol–water partition coefficient (Wildman–Crippen LogP) is 6.64. The second-order valence-corrected chi connectivity index (χ2v) is 10.1. The van der Waals surface area contributed by atoms with Crippen LogP contribution in [0.1, 0.15) is 74.2 Å². The maximum Gasteiger partial charge on any atom is 0.311 e. The molecule has 1 saturated carbocycles. The van der Waals surface area contributed by atoms with E-state index in [9.17, 15) is 9.90 Å². The molecule has 1 N–H and O–H groups in total. The average molecular weight is 414 g/mol. The van der Waals surface area contributed by atoms with Gasteiger partial charge in [0.25, 0.3) is 0 Å². The summed E-state index contributed by atoms with van der Waals surface area (Å²) in [5.74, 6) is -0.689. The van der Waals surface area contributed by atoms with Crippen molar-refractivity contribution in [1.82, 2.24) is 4.98 Å². The first-order chi connectivity index (χ1) is 13.6. The maximum atomic E-state index is 12.2. The van der Waals surface area contributed by atoms with Crippen LogP contribution in [0, 0.1) is 6.92 Å². The van der Waals surface area contributed by atoms with Crippen molar-refractivity contribution in [3.05, 3.63) is 47.3 Å². The quantitative estimate of drug-likeness (QED) is 0.575. The van der Waals surface area contributed by atoms with E-state index in [1.807, 2.05) is 36.9 Å². The predicted molar refractivity (Wildman–Crippen MR) is 116 cm³/mol. The van der Waals surface area contributed by atoms with E-state index < -0.39 is 11.9 Å². The molecule has 1 aromatic carbocycles. The summed E-state index contributed by atoms with van der Waals surface area (Å²) in [6, 6.07) is 10.3. The van der Waals surface area contributed by atoms with Gasteiger partial charge in [-0.15, -0.1) is 11.8 Å². The van der Waals surface area contributed by atoms with Gasteiger partial charge in [0.2, 0.25) is 0 Å². The van der Waals surface area contributed by atoms with E-state index in [1.54, 1.807) is 11.8 Å². The number of fused-ring (bicyclic) bond motifs is 3. The minimum absolute atomic E-state index is 0.489. The fourth-order valence-corrected chi connectivity index (χ4v) is 7.51. The SMILES string of the molecule is CCCC(C(=O)O)c1c(C)nc2c(c1Sc1ccccc1)SC1CCCCC21. The number of benzene rings is 1. The summed E-state index contributed by atoms with van der Waals surface area (Å²) < 4.78 is 0. The number of rotatable bonds is 6. The lowest BCUT2D eigenvalue weighted by molar-refractivity contribution is -0.139. The lowest BCUT2D eigenvalue weighted by atomic mass is 9.85. The maximum absolute atomic E-state index is 12.2. The summed E-state index contributed by atoms with van der Waals surface area (Å²) in [6.45, 7) is 4.07. The van der Waals surface area contributed by atoms with Crippen LogP contribution < -0.4 is 0 Å². The zero-order valence-electron chi connectivity index (χ0n) is 16.5. The molecule has 2 aliphatic rings. The smallest absolute Gasteiger partial charge is 0.311 e. The van der Waals surface area contributed by atoms with Crippen LogP contribution in [0.5, 0.6) is 0 Å². The molecule has 3 atom stereocenters. The lowest BCUT2D eigenvalue weighted by Crippen LogP contribution is -2.18. The average Bonchev–Trinajstić information content (AvgIpc) is 3.06. The molecule has 1 aromatic heterocycles. The first-order valence-electron chi connectivity index (χ1n) is 10.3. The highest BCUT2D eigenvalue weighted by Crippen LogP contribution is 2.56. The Bertz CT molecular complexity index is 869. The Kier molecular flexibility index (Phi) is 6.02. The second-order valence-electron chi connectivity index (χ2n) is 7.80. The van der Waals surface area contributed by atoms with Crippen molar-refractivity contribution in [1.29, 1.82) is 0 Å². The van der Waals surface area contributed by atoms with Gasteiger partial charge in [0.15, 0.2) is 0 Å². The van der Waals surface area contributed by atoms with Crippen molar-refractivity contribution in [2.24, 2.45) is 0 Å². The molecule has 2 aromatic rings. The highest BCUT2D eigenvalue weighted by molar-refractivity contribution is 8.03. The Hall–Kier alpha value is -1.46. The molecule has 28 heavy (non-hydrogen) atoms. The molecule has 2 heterocycles. The molecule has 4 rings (SSSR count). The summed E-state index contributed by atoms with van der Waals surface area (Å²) in [7, 11) is 0. The Balaban J connectivity index is 1.87. The third-order valence-electron chi connectivity index (χ3n) is 5.87. The van der Waals surface area contributed by atoms with Crippen molar-refractivity contribution >= 4 is 29.5 Å². The lowest BCUT2D eigenvalue weighted by Gasteiger charge is -2.24. The van der Waals surface area contributed by atoms with Crippen LogP contribution in [0.15, 0.2) is 45.0 Å². The summed E-state index contributed by atoms with van der Waals surface area (Å²) in [5.41, 5.74) is 3.08. The number of aliphatic carboxylic acids is 1. The molecule has 148 valence electrons. The molecular formula is C23H27NO2S2. The first kappa shape index (κ1) is 19.8. The molecule has 1 aliphatic carbocycles. The van der Waals surface area contributed by atoms with Crippen LogP contribution >= 0.6 is 23.5 Å². The largest absolute Gasteiger partial charge is 0.481 e. The molecule has 0 radical (unpaired) electrons. The third kappa shape index (κ3) is 3.71. The number of pyridine rings is 1. The fraction of sp³-hybridized carbons (Fsp3) is 0.478. The molecular weight excluding hydrogens is 386 g/mol. The van der Waals surface area contributed by atoms with E-state index in [1.165, 1.54) is 36.3 Å². The number of carboxylic acids is 1. The van der Waals surface area contributed by atoms with Crippen LogP contribution in [0.2, 0.25) is 0 Å². The van der Waals surface area contributed by atoms with Crippen molar-refractivity contribution in [2.75, 3.05) is 0 Å². The number of hydrogen-bond acceptors (Lipinski definition) is 4. The van der Waals surface area contributed by atoms with Crippen molar-refractivity contribution in [2.45, 2.75) is 84.1 Å². The van der Waals surface area contributed by atoms with Gasteiger partial charge in [0, 0.05) is 37.1 Å². The minimum Gasteiger partial charge on any atom is -0.481 e. The van der Waals surface area contributed by atoms with Gasteiger partial charge >= 0.3 is 5.97 Å². The molecule has 0 amide bonds. The number of aryl methyl sites for hydroxylation is 1. The van der Waals surface area contributed by atoms with Gasteiger partial charge in [0.05, 0.1) is 11.6 Å². The van der Waals surface area contributed by atoms with Gasteiger partial charge in [-0.25, -0.2) is 0 Å². The topological polar surface area (TPSA) is 50.2 Å². The second kappa shape index (κ2) is 8.50. The van der Waals surface area contributed by atoms with Crippen molar-refractivity contribution < 1.29 is 9.90 Å². The van der Waals surface area contributed by atoms with E-state index in [2.05, 4.69) is 19.1 Å². The van der Waals surface area contributed by atoms with Crippen LogP contribution in [-0.2, 0) is 4.79 Å². The van der Waals surface area contributed by atoms with Gasteiger partial charge in [-0.3, -0.25) is 9.78 Å². The number of thioether (sulfide) groups is 1. The van der Waals surface area contributed by atoms with Gasteiger partial charge in [0.1, 0.15) is 0 Å². The van der Waals surface area contributed by atoms with E-state index in [-0.39, 0.29) is 0 Å². The molecule has 3 unspecified atom stereocenters. The van der Waals surface area contributed by atoms with E-state index in [0.717, 1.165) is 27.5 Å². The molecule has 3 nitrogen and oxygen atoms in total. The minimum atomic E-state index is -0.734. The third-order valence-corrected chi connectivity index (χ3v) is 8.65. The van der Waals surface area contributed by atoms with Crippen LogP contribution in [0.25, 0.3) is 0 Å². The van der Waals surface area contributed by atoms with E-state index in [0.29, 0.717) is 17.6 Å². The molecule has 5 heteroatoms. The van der Waals surface area contributed by atoms with Crippen LogP contribution in [0.3, 0.4) is 0 Å². The Morgan fingerprint density at radius 2 is 2.04 bits per heavy atom. The Morgan fingerprint density at radius 3 is 2.75 bits per heavy atom. The van der Waals surface area contributed by atoms with Crippen LogP contribution in [-0.4, -0.2) is 21.3 Å². The zero-order valence-corrected chi connectivity index (χ0v) is 18.1. The molecule has 0 bridgehead atoms. The van der Waals surface area contributed by atoms with Crippen LogP contribution in [0.4, 0.5) is 0 Å². The summed E-state index contributed by atoms with van der Waals surface area (Å²) in [5, 5.41) is 10.6. The summed E-state index contributed by atoms with van der Waals surface area (Å²) in [6.07, 6.45) is 6.52. The molecule has 1 fully saturated rings. The highest BCUT2D eigenvalue weighted by Gasteiger charge is 2.40. The molecule has 0 saturated heterocycles. The van der Waals surface area contributed by atoms with E-state index in [4.69, 9.17) is 4.98 Å².